The van der Waals surface area contributed by atoms with E-state index < -0.39 is 0 Å². The highest BCUT2D eigenvalue weighted by molar-refractivity contribution is 6.30. The van der Waals surface area contributed by atoms with E-state index in [9.17, 15) is 0 Å². The number of nitrogens with two attached hydrogens (primary N) is 1. The van der Waals surface area contributed by atoms with E-state index in [-0.39, 0.29) is 6.04 Å². The van der Waals surface area contributed by atoms with E-state index in [0.717, 1.165) is 30.1 Å². The molecule has 1 aliphatic carbocycles. The van der Waals surface area contributed by atoms with E-state index in [4.69, 9.17) is 22.1 Å². The highest BCUT2D eigenvalue weighted by Gasteiger charge is 2.22. The Morgan fingerprint density at radius 2 is 2.00 bits per heavy atom. The molecule has 1 aromatic rings. The minimum absolute atomic E-state index is 0.0549. The minimum atomic E-state index is -0.0549. The fourth-order valence-electron chi connectivity index (χ4n) is 2.82. The summed E-state index contributed by atoms with van der Waals surface area (Å²) in [5.41, 5.74) is 7.00. The van der Waals surface area contributed by atoms with Gasteiger partial charge in [-0.25, -0.2) is 0 Å². The van der Waals surface area contributed by atoms with Gasteiger partial charge in [0, 0.05) is 16.6 Å². The van der Waals surface area contributed by atoms with Crippen LogP contribution in [0.25, 0.3) is 0 Å². The molecule has 106 valence electrons. The molecule has 1 atom stereocenters. The maximum Gasteiger partial charge on any atom is 0.124 e. The first-order chi connectivity index (χ1) is 9.10. The van der Waals surface area contributed by atoms with Crippen molar-refractivity contribution in [2.24, 2.45) is 11.7 Å². The monoisotopic (exact) mass is 281 g/mol. The average Bonchev–Trinajstić information content (AvgIpc) is 2.41. The van der Waals surface area contributed by atoms with Gasteiger partial charge in [-0.1, -0.05) is 24.9 Å². The van der Waals surface area contributed by atoms with Gasteiger partial charge in [0.15, 0.2) is 0 Å². The summed E-state index contributed by atoms with van der Waals surface area (Å²) in [6.07, 6.45) is 6.49. The standard InChI is InChI=1S/C16H24ClNO/c1-3-12-4-7-14(8-5-12)19-16-9-6-13(17)10-15(16)11(2)18/h6,9-12,14H,3-5,7-8,18H2,1-2H3. The van der Waals surface area contributed by atoms with Gasteiger partial charge in [-0.2, -0.15) is 0 Å². The Bertz CT molecular complexity index is 411. The molecule has 3 heteroatoms. The molecule has 0 bridgehead atoms. The Labute approximate surface area is 121 Å². The zero-order chi connectivity index (χ0) is 13.8. The van der Waals surface area contributed by atoms with E-state index in [2.05, 4.69) is 6.92 Å². The third kappa shape index (κ3) is 3.87. The molecule has 1 aromatic carbocycles. The number of ether oxygens (including phenoxy) is 1. The lowest BCUT2D eigenvalue weighted by Crippen LogP contribution is -2.24. The second-order valence-electron chi connectivity index (χ2n) is 5.64. The minimum Gasteiger partial charge on any atom is -0.490 e. The molecule has 0 radical (unpaired) electrons. The van der Waals surface area contributed by atoms with Crippen molar-refractivity contribution in [2.75, 3.05) is 0 Å². The third-order valence-corrected chi connectivity index (χ3v) is 4.36. The topological polar surface area (TPSA) is 35.2 Å². The second kappa shape index (κ2) is 6.62. The van der Waals surface area contributed by atoms with Crippen LogP contribution in [-0.2, 0) is 0 Å². The van der Waals surface area contributed by atoms with E-state index in [0.29, 0.717) is 11.1 Å². The van der Waals surface area contributed by atoms with Crippen molar-refractivity contribution in [3.8, 4) is 5.75 Å². The Balaban J connectivity index is 2.03. The highest BCUT2D eigenvalue weighted by atomic mass is 35.5. The quantitative estimate of drug-likeness (QED) is 0.868. The maximum absolute atomic E-state index is 6.16. The molecule has 0 aliphatic heterocycles. The van der Waals surface area contributed by atoms with Crippen LogP contribution in [-0.4, -0.2) is 6.10 Å². The Kier molecular flexibility index (Phi) is 5.12. The zero-order valence-corrected chi connectivity index (χ0v) is 12.6. The average molecular weight is 282 g/mol. The predicted octanol–water partition coefficient (Wildman–Crippen LogP) is 4.71. The molecule has 1 unspecified atom stereocenters. The van der Waals surface area contributed by atoms with Crippen LogP contribution >= 0.6 is 11.6 Å². The largest absolute Gasteiger partial charge is 0.490 e. The van der Waals surface area contributed by atoms with Crippen LogP contribution in [0.2, 0.25) is 5.02 Å². The molecule has 2 N–H and O–H groups in total. The molecule has 1 saturated carbocycles. The molecular weight excluding hydrogens is 258 g/mol. The van der Waals surface area contributed by atoms with Crippen molar-refractivity contribution in [1.29, 1.82) is 0 Å². The molecule has 19 heavy (non-hydrogen) atoms. The molecule has 2 nitrogen and oxygen atoms in total. The summed E-state index contributed by atoms with van der Waals surface area (Å²) >= 11 is 6.03. The smallest absolute Gasteiger partial charge is 0.124 e. The summed E-state index contributed by atoms with van der Waals surface area (Å²) in [5.74, 6) is 1.79. The number of rotatable bonds is 4. The van der Waals surface area contributed by atoms with Crippen LogP contribution in [0, 0.1) is 5.92 Å². The lowest BCUT2D eigenvalue weighted by Gasteiger charge is -2.29. The van der Waals surface area contributed by atoms with Crippen LogP contribution < -0.4 is 10.5 Å². The highest BCUT2D eigenvalue weighted by Crippen LogP contribution is 2.33. The Hall–Kier alpha value is -0.730. The summed E-state index contributed by atoms with van der Waals surface area (Å²) in [7, 11) is 0. The molecule has 0 amide bonds. The van der Waals surface area contributed by atoms with Gasteiger partial charge < -0.3 is 10.5 Å². The molecule has 0 saturated heterocycles. The molecule has 1 fully saturated rings. The van der Waals surface area contributed by atoms with Gasteiger partial charge in [-0.05, 0) is 56.7 Å². The number of benzene rings is 1. The molecular formula is C16H24ClNO. The Morgan fingerprint density at radius 3 is 2.58 bits per heavy atom. The van der Waals surface area contributed by atoms with Gasteiger partial charge in [-0.3, -0.25) is 0 Å². The van der Waals surface area contributed by atoms with Crippen molar-refractivity contribution >= 4 is 11.6 Å². The molecule has 1 aliphatic rings. The summed E-state index contributed by atoms with van der Waals surface area (Å²) in [6.45, 7) is 4.24. The summed E-state index contributed by atoms with van der Waals surface area (Å²) in [5, 5.41) is 0.717. The molecule has 2 rings (SSSR count). The van der Waals surface area contributed by atoms with E-state index >= 15 is 0 Å². The van der Waals surface area contributed by atoms with E-state index in [1.165, 1.54) is 19.3 Å². The molecule has 0 spiro atoms. The van der Waals surface area contributed by atoms with Crippen LogP contribution in [0.15, 0.2) is 18.2 Å². The maximum atomic E-state index is 6.16. The Morgan fingerprint density at radius 1 is 1.32 bits per heavy atom. The zero-order valence-electron chi connectivity index (χ0n) is 11.9. The number of halogens is 1. The van der Waals surface area contributed by atoms with Crippen LogP contribution in [0.4, 0.5) is 0 Å². The first-order valence-corrected chi connectivity index (χ1v) is 7.69. The van der Waals surface area contributed by atoms with Crippen molar-refractivity contribution < 1.29 is 4.74 Å². The third-order valence-electron chi connectivity index (χ3n) is 4.13. The van der Waals surface area contributed by atoms with Crippen molar-refractivity contribution in [2.45, 2.75) is 58.1 Å². The summed E-state index contributed by atoms with van der Waals surface area (Å²) in [6, 6.07) is 5.69. The normalized spacial score (nSPS) is 25.1. The van der Waals surface area contributed by atoms with Gasteiger partial charge in [0.25, 0.3) is 0 Å². The lowest BCUT2D eigenvalue weighted by atomic mass is 9.86. The fraction of sp³-hybridized carbons (Fsp3) is 0.625. The lowest BCUT2D eigenvalue weighted by molar-refractivity contribution is 0.128. The van der Waals surface area contributed by atoms with Crippen LogP contribution in [0.5, 0.6) is 5.75 Å². The van der Waals surface area contributed by atoms with Crippen LogP contribution in [0.1, 0.15) is 57.6 Å². The van der Waals surface area contributed by atoms with Gasteiger partial charge in [-0.15, -0.1) is 0 Å². The number of hydrogen-bond donors (Lipinski definition) is 1. The second-order valence-corrected chi connectivity index (χ2v) is 6.08. The molecule has 0 heterocycles. The number of hydrogen-bond acceptors (Lipinski definition) is 2. The first-order valence-electron chi connectivity index (χ1n) is 7.31. The van der Waals surface area contributed by atoms with Crippen LogP contribution in [0.3, 0.4) is 0 Å². The SMILES string of the molecule is CCC1CCC(Oc2ccc(Cl)cc2C(C)N)CC1. The summed E-state index contributed by atoms with van der Waals surface area (Å²) in [4.78, 5) is 0. The summed E-state index contributed by atoms with van der Waals surface area (Å²) < 4.78 is 6.16. The predicted molar refractivity (Wildman–Crippen MR) is 80.7 cm³/mol. The van der Waals surface area contributed by atoms with Gasteiger partial charge in [0.1, 0.15) is 5.75 Å². The van der Waals surface area contributed by atoms with Crippen molar-refractivity contribution in [3.63, 3.8) is 0 Å². The van der Waals surface area contributed by atoms with Gasteiger partial charge in [0.05, 0.1) is 6.10 Å². The molecule has 0 aromatic heterocycles. The van der Waals surface area contributed by atoms with Gasteiger partial charge >= 0.3 is 0 Å². The van der Waals surface area contributed by atoms with Crippen molar-refractivity contribution in [3.05, 3.63) is 28.8 Å². The first kappa shape index (κ1) is 14.7. The van der Waals surface area contributed by atoms with Crippen molar-refractivity contribution in [1.82, 2.24) is 0 Å². The fourth-order valence-corrected chi connectivity index (χ4v) is 3.00. The van der Waals surface area contributed by atoms with E-state index in [1.54, 1.807) is 0 Å². The van der Waals surface area contributed by atoms with E-state index in [1.807, 2.05) is 25.1 Å². The van der Waals surface area contributed by atoms with Gasteiger partial charge in [0.2, 0.25) is 0 Å².